The number of rotatable bonds is 4. The molecule has 3 nitrogen and oxygen atoms in total. The molecule has 1 aliphatic rings. The van der Waals surface area contributed by atoms with Crippen molar-refractivity contribution in [1.82, 2.24) is 0 Å². The molecule has 0 spiro atoms. The van der Waals surface area contributed by atoms with Gasteiger partial charge in [-0.25, -0.2) is 0 Å². The Morgan fingerprint density at radius 2 is 1.96 bits per heavy atom. The lowest BCUT2D eigenvalue weighted by molar-refractivity contribution is -0.135. The van der Waals surface area contributed by atoms with Crippen LogP contribution in [0.2, 0.25) is 5.02 Å². The number of nitriles is 1. The first kappa shape index (κ1) is 15.3. The Kier molecular flexibility index (Phi) is 4.45. The van der Waals surface area contributed by atoms with Gasteiger partial charge in [-0.05, 0) is 54.3 Å². The number of carbonyl (C=O) groups excluding carboxylic acids is 1. The molecule has 3 rings (SSSR count). The molecule has 0 bridgehead atoms. The monoisotopic (exact) mass is 323 g/mol. The molecule has 0 N–H and O–H groups in total. The minimum absolute atomic E-state index is 0.0536. The van der Waals surface area contributed by atoms with Crippen molar-refractivity contribution in [3.63, 3.8) is 0 Å². The molecule has 2 aromatic carbocycles. The number of hydrogen-bond acceptors (Lipinski definition) is 3. The van der Waals surface area contributed by atoms with Gasteiger partial charge in [-0.15, -0.1) is 0 Å². The SMILES string of the molecule is N#C/C(=C/c1cccc(OC(=O)C2CC2)c1)c1ccc(Cl)cc1. The van der Waals surface area contributed by atoms with E-state index in [9.17, 15) is 10.1 Å². The van der Waals surface area contributed by atoms with E-state index in [2.05, 4.69) is 6.07 Å². The molecule has 0 heterocycles. The molecule has 0 aliphatic heterocycles. The Hall–Kier alpha value is -2.57. The van der Waals surface area contributed by atoms with Gasteiger partial charge in [-0.1, -0.05) is 35.9 Å². The quantitative estimate of drug-likeness (QED) is 0.354. The summed E-state index contributed by atoms with van der Waals surface area (Å²) < 4.78 is 5.35. The Bertz CT molecular complexity index is 799. The fourth-order valence-corrected chi connectivity index (χ4v) is 2.29. The number of nitrogens with zero attached hydrogens (tertiary/aromatic N) is 1. The van der Waals surface area contributed by atoms with Crippen LogP contribution in [0.15, 0.2) is 48.5 Å². The van der Waals surface area contributed by atoms with E-state index in [1.807, 2.05) is 6.07 Å². The van der Waals surface area contributed by atoms with E-state index in [-0.39, 0.29) is 11.9 Å². The standard InChI is InChI=1S/C19H14ClNO2/c20-17-8-6-14(7-9-17)16(12-21)10-13-2-1-3-18(11-13)23-19(22)15-4-5-15/h1-3,6-11,15H,4-5H2/b16-10-. The molecule has 0 saturated heterocycles. The second kappa shape index (κ2) is 6.68. The summed E-state index contributed by atoms with van der Waals surface area (Å²) in [6.45, 7) is 0. The first-order chi connectivity index (χ1) is 11.2. The lowest BCUT2D eigenvalue weighted by Crippen LogP contribution is -2.09. The molecular weight excluding hydrogens is 310 g/mol. The maximum atomic E-state index is 11.7. The summed E-state index contributed by atoms with van der Waals surface area (Å²) in [5, 5.41) is 9.99. The molecule has 114 valence electrons. The second-order valence-electron chi connectivity index (χ2n) is 5.44. The van der Waals surface area contributed by atoms with Crippen LogP contribution in [0.5, 0.6) is 5.75 Å². The number of ether oxygens (including phenoxy) is 1. The van der Waals surface area contributed by atoms with Crippen molar-refractivity contribution in [2.45, 2.75) is 12.8 Å². The van der Waals surface area contributed by atoms with Gasteiger partial charge in [0, 0.05) is 5.02 Å². The first-order valence-electron chi connectivity index (χ1n) is 7.35. The molecule has 2 aromatic rings. The third-order valence-corrected chi connectivity index (χ3v) is 3.83. The highest BCUT2D eigenvalue weighted by atomic mass is 35.5. The fourth-order valence-electron chi connectivity index (χ4n) is 2.16. The van der Waals surface area contributed by atoms with Crippen LogP contribution in [-0.2, 0) is 4.79 Å². The highest BCUT2D eigenvalue weighted by Gasteiger charge is 2.31. The summed E-state index contributed by atoms with van der Waals surface area (Å²) in [7, 11) is 0. The minimum Gasteiger partial charge on any atom is -0.426 e. The molecule has 0 aromatic heterocycles. The summed E-state index contributed by atoms with van der Waals surface area (Å²) in [4.78, 5) is 11.7. The third kappa shape index (κ3) is 4.00. The van der Waals surface area contributed by atoms with Crippen LogP contribution in [0.1, 0.15) is 24.0 Å². The predicted octanol–water partition coefficient (Wildman–Crippen LogP) is 4.72. The lowest BCUT2D eigenvalue weighted by atomic mass is 10.0. The van der Waals surface area contributed by atoms with Gasteiger partial charge in [0.15, 0.2) is 0 Å². The van der Waals surface area contributed by atoms with Gasteiger partial charge in [-0.3, -0.25) is 4.79 Å². The number of benzene rings is 2. The molecule has 0 radical (unpaired) electrons. The summed E-state index contributed by atoms with van der Waals surface area (Å²) in [6.07, 6.45) is 3.58. The summed E-state index contributed by atoms with van der Waals surface area (Å²) in [5.74, 6) is 0.381. The van der Waals surface area contributed by atoms with Gasteiger partial charge in [0.05, 0.1) is 17.6 Å². The van der Waals surface area contributed by atoms with E-state index in [0.29, 0.717) is 16.3 Å². The number of hydrogen-bond donors (Lipinski definition) is 0. The highest BCUT2D eigenvalue weighted by Crippen LogP contribution is 2.31. The van der Waals surface area contributed by atoms with Crippen molar-refractivity contribution in [3.8, 4) is 11.8 Å². The lowest BCUT2D eigenvalue weighted by Gasteiger charge is -2.05. The van der Waals surface area contributed by atoms with Crippen molar-refractivity contribution >= 4 is 29.2 Å². The Labute approximate surface area is 139 Å². The molecule has 0 unspecified atom stereocenters. The topological polar surface area (TPSA) is 50.1 Å². The van der Waals surface area contributed by atoms with Gasteiger partial charge in [0.2, 0.25) is 0 Å². The predicted molar refractivity (Wildman–Crippen MR) is 89.7 cm³/mol. The van der Waals surface area contributed by atoms with Crippen LogP contribution in [0, 0.1) is 17.2 Å². The third-order valence-electron chi connectivity index (χ3n) is 3.57. The average Bonchev–Trinajstić information content (AvgIpc) is 3.39. The maximum Gasteiger partial charge on any atom is 0.314 e. The van der Waals surface area contributed by atoms with Crippen LogP contribution in [0.4, 0.5) is 0 Å². The normalized spacial score (nSPS) is 14.2. The van der Waals surface area contributed by atoms with E-state index in [4.69, 9.17) is 16.3 Å². The van der Waals surface area contributed by atoms with Crippen molar-refractivity contribution in [2.75, 3.05) is 0 Å². The molecule has 1 fully saturated rings. The Morgan fingerprint density at radius 3 is 2.61 bits per heavy atom. The van der Waals surface area contributed by atoms with E-state index in [1.165, 1.54) is 0 Å². The van der Waals surface area contributed by atoms with Crippen LogP contribution in [0.3, 0.4) is 0 Å². The van der Waals surface area contributed by atoms with Crippen LogP contribution in [-0.4, -0.2) is 5.97 Å². The van der Waals surface area contributed by atoms with E-state index in [0.717, 1.165) is 24.0 Å². The summed E-state index contributed by atoms with van der Waals surface area (Å²) in [6, 6.07) is 16.4. The molecule has 4 heteroatoms. The number of halogens is 1. The van der Waals surface area contributed by atoms with Crippen LogP contribution < -0.4 is 4.74 Å². The van der Waals surface area contributed by atoms with Crippen molar-refractivity contribution in [1.29, 1.82) is 5.26 Å². The van der Waals surface area contributed by atoms with Gasteiger partial charge in [0.25, 0.3) is 0 Å². The average molecular weight is 324 g/mol. The number of carbonyl (C=O) groups is 1. The van der Waals surface area contributed by atoms with Crippen LogP contribution in [0.25, 0.3) is 11.6 Å². The second-order valence-corrected chi connectivity index (χ2v) is 5.88. The molecule has 1 aliphatic carbocycles. The van der Waals surface area contributed by atoms with Crippen molar-refractivity contribution in [2.24, 2.45) is 5.92 Å². The molecular formula is C19H14ClNO2. The zero-order valence-corrected chi connectivity index (χ0v) is 13.1. The fraction of sp³-hybridized carbons (Fsp3) is 0.158. The number of allylic oxidation sites excluding steroid dienone is 1. The van der Waals surface area contributed by atoms with E-state index in [1.54, 1.807) is 48.5 Å². The van der Waals surface area contributed by atoms with Crippen molar-refractivity contribution in [3.05, 3.63) is 64.7 Å². The zero-order chi connectivity index (χ0) is 16.2. The smallest absolute Gasteiger partial charge is 0.314 e. The van der Waals surface area contributed by atoms with Crippen molar-refractivity contribution < 1.29 is 9.53 Å². The van der Waals surface area contributed by atoms with Crippen LogP contribution >= 0.6 is 11.6 Å². The van der Waals surface area contributed by atoms with Gasteiger partial charge < -0.3 is 4.74 Å². The number of esters is 1. The Balaban J connectivity index is 1.83. The maximum absolute atomic E-state index is 11.7. The van der Waals surface area contributed by atoms with E-state index < -0.39 is 0 Å². The van der Waals surface area contributed by atoms with E-state index >= 15 is 0 Å². The zero-order valence-electron chi connectivity index (χ0n) is 12.3. The van der Waals surface area contributed by atoms with Gasteiger partial charge in [-0.2, -0.15) is 5.26 Å². The minimum atomic E-state index is -0.177. The first-order valence-corrected chi connectivity index (χ1v) is 7.73. The largest absolute Gasteiger partial charge is 0.426 e. The highest BCUT2D eigenvalue weighted by molar-refractivity contribution is 6.30. The van der Waals surface area contributed by atoms with Gasteiger partial charge in [0.1, 0.15) is 5.75 Å². The molecule has 0 amide bonds. The summed E-state index contributed by atoms with van der Waals surface area (Å²) >= 11 is 5.87. The Morgan fingerprint density at radius 1 is 1.22 bits per heavy atom. The molecule has 1 saturated carbocycles. The molecule has 0 atom stereocenters. The van der Waals surface area contributed by atoms with Gasteiger partial charge >= 0.3 is 5.97 Å². The molecule has 23 heavy (non-hydrogen) atoms. The summed E-state index contributed by atoms with van der Waals surface area (Å²) in [5.41, 5.74) is 2.11.